The first kappa shape index (κ1) is 10.7. The molecule has 0 amide bonds. The second-order valence-electron chi connectivity index (χ2n) is 4.85. The zero-order chi connectivity index (χ0) is 11.0. The fourth-order valence-corrected chi connectivity index (χ4v) is 2.53. The van der Waals surface area contributed by atoms with Gasteiger partial charge in [0.1, 0.15) is 0 Å². The van der Waals surface area contributed by atoms with Gasteiger partial charge in [0.15, 0.2) is 0 Å². The van der Waals surface area contributed by atoms with E-state index in [-0.39, 0.29) is 6.04 Å². The largest absolute Gasteiger partial charge is 0.324 e. The molecule has 1 fully saturated rings. The van der Waals surface area contributed by atoms with Gasteiger partial charge in [-0.1, -0.05) is 19.3 Å². The minimum atomic E-state index is 0.184. The van der Waals surface area contributed by atoms with Gasteiger partial charge in [-0.2, -0.15) is 5.10 Å². The molecule has 0 spiro atoms. The van der Waals surface area contributed by atoms with Crippen LogP contribution in [0.5, 0.6) is 0 Å². The van der Waals surface area contributed by atoms with Gasteiger partial charge in [-0.15, -0.1) is 0 Å². The molecule has 0 aromatic carbocycles. The Bertz CT molecular complexity index is 350. The lowest BCUT2D eigenvalue weighted by atomic mass is 9.79. The molecule has 0 radical (unpaired) electrons. The van der Waals surface area contributed by atoms with E-state index >= 15 is 0 Å². The molecule has 1 aliphatic carbocycles. The number of hydrogen-bond acceptors (Lipinski definition) is 2. The van der Waals surface area contributed by atoms with Gasteiger partial charge in [-0.3, -0.25) is 4.68 Å². The van der Waals surface area contributed by atoms with Crippen molar-refractivity contribution in [1.29, 1.82) is 0 Å². The lowest BCUT2D eigenvalue weighted by Gasteiger charge is -2.28. The van der Waals surface area contributed by atoms with Gasteiger partial charge < -0.3 is 5.73 Å². The molecule has 1 atom stereocenters. The van der Waals surface area contributed by atoms with Crippen molar-refractivity contribution in [1.82, 2.24) is 9.78 Å². The highest BCUT2D eigenvalue weighted by Crippen LogP contribution is 2.35. The van der Waals surface area contributed by atoms with Crippen LogP contribution in [0.4, 0.5) is 0 Å². The molecule has 1 aromatic heterocycles. The number of aryl methyl sites for hydroxylation is 2. The standard InChI is InChI=1S/C12H21N3/c1-8-12(9(2)15(3)14-8)11(13)7-10-5-4-6-10/h10-11H,4-7,13H2,1-3H3. The van der Waals surface area contributed by atoms with Crippen LogP contribution >= 0.6 is 0 Å². The molecule has 1 aliphatic rings. The van der Waals surface area contributed by atoms with Crippen LogP contribution in [0, 0.1) is 19.8 Å². The molecular formula is C12H21N3. The van der Waals surface area contributed by atoms with Gasteiger partial charge in [0.2, 0.25) is 0 Å². The predicted octanol–water partition coefficient (Wildman–Crippen LogP) is 2.23. The Kier molecular flexibility index (Phi) is 2.83. The van der Waals surface area contributed by atoms with Crippen LogP contribution in [-0.2, 0) is 7.05 Å². The van der Waals surface area contributed by atoms with Crippen LogP contribution in [0.15, 0.2) is 0 Å². The second-order valence-corrected chi connectivity index (χ2v) is 4.85. The highest BCUT2D eigenvalue weighted by atomic mass is 15.3. The van der Waals surface area contributed by atoms with Crippen molar-refractivity contribution in [3.63, 3.8) is 0 Å². The maximum Gasteiger partial charge on any atom is 0.0644 e. The van der Waals surface area contributed by atoms with Crippen molar-refractivity contribution in [3.05, 3.63) is 17.0 Å². The summed E-state index contributed by atoms with van der Waals surface area (Å²) in [6.07, 6.45) is 5.26. The van der Waals surface area contributed by atoms with E-state index in [1.165, 1.54) is 30.5 Å². The van der Waals surface area contributed by atoms with E-state index < -0.39 is 0 Å². The highest BCUT2D eigenvalue weighted by Gasteiger charge is 2.24. The number of hydrogen-bond donors (Lipinski definition) is 1. The minimum Gasteiger partial charge on any atom is -0.324 e. The second kappa shape index (κ2) is 3.97. The molecule has 0 aliphatic heterocycles. The summed E-state index contributed by atoms with van der Waals surface area (Å²) in [5.74, 6) is 0.860. The van der Waals surface area contributed by atoms with Crippen LogP contribution < -0.4 is 5.73 Å². The minimum absolute atomic E-state index is 0.184. The Morgan fingerprint density at radius 2 is 2.13 bits per heavy atom. The molecular weight excluding hydrogens is 186 g/mol. The van der Waals surface area contributed by atoms with Crippen molar-refractivity contribution in [2.75, 3.05) is 0 Å². The molecule has 3 heteroatoms. The lowest BCUT2D eigenvalue weighted by Crippen LogP contribution is -2.21. The summed E-state index contributed by atoms with van der Waals surface area (Å²) in [5.41, 5.74) is 9.86. The number of aromatic nitrogens is 2. The summed E-state index contributed by atoms with van der Waals surface area (Å²) in [7, 11) is 1.99. The first-order valence-corrected chi connectivity index (χ1v) is 5.85. The van der Waals surface area contributed by atoms with E-state index in [0.717, 1.165) is 18.0 Å². The summed E-state index contributed by atoms with van der Waals surface area (Å²) >= 11 is 0. The molecule has 1 aromatic rings. The third-order valence-electron chi connectivity index (χ3n) is 3.75. The third kappa shape index (κ3) is 1.93. The van der Waals surface area contributed by atoms with Crippen LogP contribution in [-0.4, -0.2) is 9.78 Å². The average molecular weight is 207 g/mol. The Morgan fingerprint density at radius 3 is 2.53 bits per heavy atom. The van der Waals surface area contributed by atoms with Crippen LogP contribution in [0.3, 0.4) is 0 Å². The lowest BCUT2D eigenvalue weighted by molar-refractivity contribution is 0.277. The Labute approximate surface area is 91.7 Å². The highest BCUT2D eigenvalue weighted by molar-refractivity contribution is 5.27. The first-order valence-electron chi connectivity index (χ1n) is 5.85. The SMILES string of the molecule is Cc1nn(C)c(C)c1C(N)CC1CCC1. The topological polar surface area (TPSA) is 43.8 Å². The summed E-state index contributed by atoms with van der Waals surface area (Å²) in [6.45, 7) is 4.17. The fraction of sp³-hybridized carbons (Fsp3) is 0.750. The van der Waals surface area contributed by atoms with E-state index in [0.29, 0.717) is 0 Å². The summed E-state index contributed by atoms with van der Waals surface area (Å²) < 4.78 is 1.94. The number of nitrogens with two attached hydrogens (primary N) is 1. The van der Waals surface area contributed by atoms with Crippen molar-refractivity contribution >= 4 is 0 Å². The first-order chi connectivity index (χ1) is 7.09. The van der Waals surface area contributed by atoms with Gasteiger partial charge in [-0.05, 0) is 26.2 Å². The van der Waals surface area contributed by atoms with Gasteiger partial charge in [0, 0.05) is 24.3 Å². The zero-order valence-corrected chi connectivity index (χ0v) is 9.95. The summed E-state index contributed by atoms with van der Waals surface area (Å²) in [6, 6.07) is 0.184. The third-order valence-corrected chi connectivity index (χ3v) is 3.75. The number of nitrogens with zero attached hydrogens (tertiary/aromatic N) is 2. The molecule has 15 heavy (non-hydrogen) atoms. The normalized spacial score (nSPS) is 18.9. The van der Waals surface area contributed by atoms with Crippen LogP contribution in [0.1, 0.15) is 48.7 Å². The Balaban J connectivity index is 2.12. The Hall–Kier alpha value is -0.830. The summed E-state index contributed by atoms with van der Waals surface area (Å²) in [4.78, 5) is 0. The molecule has 2 N–H and O–H groups in total. The average Bonchev–Trinajstić information content (AvgIpc) is 2.34. The van der Waals surface area contributed by atoms with Gasteiger partial charge >= 0.3 is 0 Å². The zero-order valence-electron chi connectivity index (χ0n) is 9.95. The molecule has 84 valence electrons. The van der Waals surface area contributed by atoms with Crippen molar-refractivity contribution in [2.45, 2.75) is 45.6 Å². The van der Waals surface area contributed by atoms with E-state index in [2.05, 4.69) is 18.9 Å². The molecule has 1 heterocycles. The fourth-order valence-electron chi connectivity index (χ4n) is 2.53. The monoisotopic (exact) mass is 207 g/mol. The van der Waals surface area contributed by atoms with E-state index in [1.54, 1.807) is 0 Å². The summed E-state index contributed by atoms with van der Waals surface area (Å²) in [5, 5.41) is 4.42. The van der Waals surface area contributed by atoms with Gasteiger partial charge in [0.25, 0.3) is 0 Å². The molecule has 1 saturated carbocycles. The predicted molar refractivity (Wildman–Crippen MR) is 61.6 cm³/mol. The van der Waals surface area contributed by atoms with E-state index in [9.17, 15) is 0 Å². The van der Waals surface area contributed by atoms with Crippen LogP contribution in [0.25, 0.3) is 0 Å². The molecule has 0 saturated heterocycles. The quantitative estimate of drug-likeness (QED) is 0.826. The smallest absolute Gasteiger partial charge is 0.0644 e. The maximum atomic E-state index is 6.27. The molecule has 0 bridgehead atoms. The van der Waals surface area contributed by atoms with Crippen molar-refractivity contribution in [3.8, 4) is 0 Å². The van der Waals surface area contributed by atoms with Crippen molar-refractivity contribution in [2.24, 2.45) is 18.7 Å². The van der Waals surface area contributed by atoms with Crippen molar-refractivity contribution < 1.29 is 0 Å². The van der Waals surface area contributed by atoms with Gasteiger partial charge in [0.05, 0.1) is 5.69 Å². The number of rotatable bonds is 3. The van der Waals surface area contributed by atoms with E-state index in [4.69, 9.17) is 5.73 Å². The molecule has 3 nitrogen and oxygen atoms in total. The van der Waals surface area contributed by atoms with E-state index in [1.807, 2.05) is 11.7 Å². The van der Waals surface area contributed by atoms with Gasteiger partial charge in [-0.25, -0.2) is 0 Å². The maximum absolute atomic E-state index is 6.27. The molecule has 2 rings (SSSR count). The van der Waals surface area contributed by atoms with Crippen LogP contribution in [0.2, 0.25) is 0 Å². The Morgan fingerprint density at radius 1 is 1.47 bits per heavy atom. The molecule has 1 unspecified atom stereocenters.